The molecule has 1 saturated heterocycles. The molecular formula is C34H38FNO7. The highest BCUT2D eigenvalue weighted by Gasteiger charge is 2.74. The van der Waals surface area contributed by atoms with Gasteiger partial charge in [-0.3, -0.25) is 14.4 Å². The minimum Gasteiger partial charge on any atom is -0.472 e. The third-order valence-electron chi connectivity index (χ3n) is 11.1. The number of aliphatic hydroxyl groups excluding tert-OH is 1. The molecule has 9 heteroatoms. The van der Waals surface area contributed by atoms with Crippen molar-refractivity contribution in [2.24, 2.45) is 28.1 Å². The van der Waals surface area contributed by atoms with Gasteiger partial charge in [0, 0.05) is 29.2 Å². The highest BCUT2D eigenvalue weighted by atomic mass is 19.1. The largest absolute Gasteiger partial charge is 0.472 e. The van der Waals surface area contributed by atoms with E-state index >= 15 is 0 Å². The molecular weight excluding hydrogens is 553 g/mol. The lowest BCUT2D eigenvalue weighted by Crippen LogP contribution is -2.70. The molecule has 1 aliphatic heterocycles. The Morgan fingerprint density at radius 1 is 1.14 bits per heavy atom. The number of fused-ring (bicyclic) bond motifs is 4. The van der Waals surface area contributed by atoms with Crippen LogP contribution in [0.3, 0.4) is 0 Å². The Hall–Kier alpha value is -3.56. The number of ketones is 1. The number of benzene rings is 1. The van der Waals surface area contributed by atoms with Crippen molar-refractivity contribution in [1.29, 1.82) is 0 Å². The van der Waals surface area contributed by atoms with Crippen LogP contribution in [0, 0.1) is 33.9 Å². The molecule has 1 amide bonds. The fourth-order valence-electron chi connectivity index (χ4n) is 9.07. The number of amides is 1. The van der Waals surface area contributed by atoms with Crippen molar-refractivity contribution in [3.05, 3.63) is 83.1 Å². The number of allylic oxidation sites excluding steroid dienone is 2. The third-order valence-corrected chi connectivity index (χ3v) is 11.1. The van der Waals surface area contributed by atoms with Gasteiger partial charge in [-0.05, 0) is 67.2 Å². The van der Waals surface area contributed by atoms with Crippen molar-refractivity contribution < 1.29 is 37.8 Å². The number of carbonyl (C=O) groups is 3. The fourth-order valence-corrected chi connectivity index (χ4v) is 9.07. The number of rotatable bonds is 6. The predicted octanol–water partition coefficient (Wildman–Crippen LogP) is 4.63. The first-order valence-corrected chi connectivity index (χ1v) is 14.8. The van der Waals surface area contributed by atoms with Crippen LogP contribution >= 0.6 is 0 Å². The highest BCUT2D eigenvalue weighted by molar-refractivity contribution is 6.00. The number of esters is 1. The zero-order valence-corrected chi connectivity index (χ0v) is 25.1. The van der Waals surface area contributed by atoms with Crippen molar-refractivity contribution in [3.63, 3.8) is 0 Å². The Labute approximate surface area is 250 Å². The summed E-state index contributed by atoms with van der Waals surface area (Å²) in [4.78, 5) is 41.1. The Kier molecular flexibility index (Phi) is 7.05. The number of ether oxygens (including phenoxy) is 2. The number of hydrogen-bond acceptors (Lipinski definition) is 7. The molecule has 0 unspecified atom stereocenters. The lowest BCUT2D eigenvalue weighted by molar-refractivity contribution is -0.211. The second-order valence-corrected chi connectivity index (χ2v) is 13.1. The second kappa shape index (κ2) is 10.3. The molecule has 43 heavy (non-hydrogen) atoms. The lowest BCUT2D eigenvalue weighted by Gasteiger charge is -2.62. The molecule has 6 rings (SSSR count). The van der Waals surface area contributed by atoms with Gasteiger partial charge in [-0.25, -0.2) is 4.39 Å². The van der Waals surface area contributed by atoms with E-state index in [0.29, 0.717) is 12.0 Å². The number of aliphatic hydroxyl groups is 1. The van der Waals surface area contributed by atoms with E-state index in [4.69, 9.17) is 13.9 Å². The van der Waals surface area contributed by atoms with Crippen LogP contribution in [-0.2, 0) is 30.4 Å². The van der Waals surface area contributed by atoms with Gasteiger partial charge in [0.25, 0.3) is 0 Å². The number of furan rings is 1. The van der Waals surface area contributed by atoms with Crippen molar-refractivity contribution in [2.75, 3.05) is 7.11 Å². The molecule has 0 spiro atoms. The van der Waals surface area contributed by atoms with Gasteiger partial charge in [-0.2, -0.15) is 0 Å². The van der Waals surface area contributed by atoms with Gasteiger partial charge < -0.3 is 24.3 Å². The topological polar surface area (TPSA) is 115 Å². The summed E-state index contributed by atoms with van der Waals surface area (Å²) in [5, 5.41) is 15.2. The maximum Gasteiger partial charge on any atom is 0.305 e. The molecule has 0 bridgehead atoms. The molecule has 8 nitrogen and oxygen atoms in total. The van der Waals surface area contributed by atoms with Crippen molar-refractivity contribution in [3.8, 4) is 0 Å². The molecule has 1 aromatic carbocycles. The lowest BCUT2D eigenvalue weighted by atomic mass is 9.41. The Bertz CT molecular complexity index is 1510. The zero-order chi connectivity index (χ0) is 30.9. The van der Waals surface area contributed by atoms with Gasteiger partial charge in [0.2, 0.25) is 5.91 Å². The third kappa shape index (κ3) is 4.18. The van der Waals surface area contributed by atoms with Crippen LogP contribution in [0.1, 0.15) is 57.6 Å². The molecule has 2 N–H and O–H groups in total. The number of halogens is 1. The molecule has 3 aliphatic carbocycles. The zero-order valence-electron chi connectivity index (χ0n) is 25.1. The van der Waals surface area contributed by atoms with Crippen LogP contribution in [0.25, 0.3) is 0 Å². The van der Waals surface area contributed by atoms with Crippen LogP contribution in [0.15, 0.2) is 70.6 Å². The molecule has 1 aromatic heterocycles. The fraction of sp³-hybridized carbons (Fsp3) is 0.500. The van der Waals surface area contributed by atoms with Gasteiger partial charge >= 0.3 is 5.97 Å². The summed E-state index contributed by atoms with van der Waals surface area (Å²) in [5.41, 5.74) is 0.295. The van der Waals surface area contributed by atoms with Crippen LogP contribution in [0.5, 0.6) is 0 Å². The van der Waals surface area contributed by atoms with Crippen LogP contribution in [0.4, 0.5) is 4.39 Å². The highest BCUT2D eigenvalue weighted by Crippen LogP contribution is 2.70. The van der Waals surface area contributed by atoms with E-state index in [2.05, 4.69) is 12.2 Å². The first-order chi connectivity index (χ1) is 20.4. The van der Waals surface area contributed by atoms with E-state index in [-0.39, 0.29) is 42.5 Å². The average molecular weight is 592 g/mol. The number of carbonyl (C=O) groups excluding carboxylic acids is 3. The first kappa shape index (κ1) is 29.5. The summed E-state index contributed by atoms with van der Waals surface area (Å²) in [6.07, 6.45) is 4.63. The normalized spacial score (nSPS) is 38.0. The average Bonchev–Trinajstić information content (AvgIpc) is 3.69. The molecule has 4 aliphatic rings. The van der Waals surface area contributed by atoms with Crippen molar-refractivity contribution in [2.45, 2.75) is 71.3 Å². The van der Waals surface area contributed by atoms with Gasteiger partial charge in [-0.1, -0.05) is 37.6 Å². The number of hydrogen-bond donors (Lipinski definition) is 2. The molecule has 9 atom stereocenters. The summed E-state index contributed by atoms with van der Waals surface area (Å²) < 4.78 is 30.6. The monoisotopic (exact) mass is 591 g/mol. The number of methoxy groups -OCH3 is 1. The predicted molar refractivity (Wildman–Crippen MR) is 154 cm³/mol. The summed E-state index contributed by atoms with van der Waals surface area (Å²) in [6, 6.07) is 7.76. The molecule has 2 aromatic rings. The summed E-state index contributed by atoms with van der Waals surface area (Å²) >= 11 is 0. The van der Waals surface area contributed by atoms with Gasteiger partial charge in [0.15, 0.2) is 5.78 Å². The minimum absolute atomic E-state index is 0.0439. The van der Waals surface area contributed by atoms with Crippen LogP contribution < -0.4 is 5.32 Å². The van der Waals surface area contributed by atoms with Gasteiger partial charge in [0.1, 0.15) is 5.82 Å². The first-order valence-electron chi connectivity index (χ1n) is 14.8. The van der Waals surface area contributed by atoms with Crippen molar-refractivity contribution in [1.82, 2.24) is 5.32 Å². The Balaban J connectivity index is 1.44. The van der Waals surface area contributed by atoms with E-state index in [1.54, 1.807) is 44.6 Å². The Morgan fingerprint density at radius 3 is 2.51 bits per heavy atom. The second-order valence-electron chi connectivity index (χ2n) is 13.1. The molecule has 2 heterocycles. The van der Waals surface area contributed by atoms with Crippen LogP contribution in [0.2, 0.25) is 0 Å². The van der Waals surface area contributed by atoms with E-state index in [1.807, 2.05) is 13.0 Å². The molecule has 1 saturated carbocycles. The molecule has 2 fully saturated rings. The Morgan fingerprint density at radius 2 is 1.86 bits per heavy atom. The minimum atomic E-state index is -1.32. The van der Waals surface area contributed by atoms with E-state index < -0.39 is 46.3 Å². The maximum absolute atomic E-state index is 14.1. The van der Waals surface area contributed by atoms with E-state index in [0.717, 1.165) is 16.7 Å². The number of nitrogens with one attached hydrogen (secondary N) is 1. The standard InChI is InChI=1S/C34H38FNO7/c1-18-22(20-11-13-42-17-20)14-23-27(18)34(4)24(15-26(38)41-5)33(3)25(37)10-12-32(2,29(33)28(39)30(34)43-23)31(40)36-16-19-6-8-21(35)9-7-19/h6-13,17,22-24,28-30,39H,14-16H2,1-5H3,(H,36,40)/t22-,23-,24-,28-,29+,30-,32-,33+,34-/m1/s1. The summed E-state index contributed by atoms with van der Waals surface area (Å²) in [6.45, 7) is 7.68. The van der Waals surface area contributed by atoms with Gasteiger partial charge in [0.05, 0.1) is 49.8 Å². The maximum atomic E-state index is 14.1. The van der Waals surface area contributed by atoms with Gasteiger partial charge in [-0.15, -0.1) is 0 Å². The van der Waals surface area contributed by atoms with E-state index in [9.17, 15) is 23.9 Å². The molecule has 228 valence electrons. The smallest absolute Gasteiger partial charge is 0.305 e. The summed E-state index contributed by atoms with van der Waals surface area (Å²) in [5.74, 6) is -2.97. The summed E-state index contributed by atoms with van der Waals surface area (Å²) in [7, 11) is 1.32. The van der Waals surface area contributed by atoms with Crippen molar-refractivity contribution >= 4 is 17.7 Å². The van der Waals surface area contributed by atoms with E-state index in [1.165, 1.54) is 25.3 Å². The quantitative estimate of drug-likeness (QED) is 0.372. The SMILES string of the molecule is COC(=O)C[C@H]1[C@]2(C)C3=C(C)[C@H](c4ccoc4)C[C@H]3O[C@@H]2[C@H](O)[C@@H]2[C@]1(C)C(=O)C=C[C@@]2(C)C(=O)NCc1ccc(F)cc1. The van der Waals surface area contributed by atoms with Crippen LogP contribution in [-0.4, -0.2) is 48.2 Å². The molecule has 0 radical (unpaired) electrons.